The molecule has 0 fully saturated rings. The number of nitrogens with one attached hydrogen (secondary N) is 2. The lowest BCUT2D eigenvalue weighted by Gasteiger charge is -2.17. The van der Waals surface area contributed by atoms with Crippen molar-refractivity contribution in [2.24, 2.45) is 0 Å². The monoisotopic (exact) mass is 249 g/mol. The molecular formula is C13H16FN3O. The minimum absolute atomic E-state index is 0.0908. The van der Waals surface area contributed by atoms with Gasteiger partial charge in [0.2, 0.25) is 5.91 Å². The highest BCUT2D eigenvalue weighted by atomic mass is 19.1. The van der Waals surface area contributed by atoms with Gasteiger partial charge in [0.05, 0.1) is 6.07 Å². The average molecular weight is 249 g/mol. The van der Waals surface area contributed by atoms with Crippen molar-refractivity contribution in [2.75, 3.05) is 6.54 Å². The van der Waals surface area contributed by atoms with E-state index in [2.05, 4.69) is 16.7 Å². The quantitative estimate of drug-likeness (QED) is 0.831. The second-order valence-electron chi connectivity index (χ2n) is 4.13. The number of hydrogen-bond donors (Lipinski definition) is 2. The van der Waals surface area contributed by atoms with Crippen LogP contribution in [0.5, 0.6) is 0 Å². The molecule has 4 nitrogen and oxygen atoms in total. The molecule has 1 aromatic carbocycles. The number of benzene rings is 1. The third kappa shape index (κ3) is 4.52. The number of amides is 1. The van der Waals surface area contributed by atoms with Crippen LogP contribution in [0.15, 0.2) is 24.3 Å². The molecule has 5 heteroatoms. The van der Waals surface area contributed by atoms with Crippen molar-refractivity contribution in [3.05, 3.63) is 35.6 Å². The van der Waals surface area contributed by atoms with Gasteiger partial charge in [-0.2, -0.15) is 5.26 Å². The summed E-state index contributed by atoms with van der Waals surface area (Å²) in [7, 11) is 0. The summed E-state index contributed by atoms with van der Waals surface area (Å²) in [6.45, 7) is 3.70. The second kappa shape index (κ2) is 6.72. The summed E-state index contributed by atoms with van der Waals surface area (Å²) in [5.74, 6) is -0.493. The van der Waals surface area contributed by atoms with Crippen LogP contribution in [-0.2, 0) is 4.79 Å². The highest BCUT2D eigenvalue weighted by Gasteiger charge is 2.12. The number of halogens is 1. The topological polar surface area (TPSA) is 64.9 Å². The number of nitriles is 1. The molecular weight excluding hydrogens is 233 g/mol. The van der Waals surface area contributed by atoms with Crippen molar-refractivity contribution in [3.63, 3.8) is 0 Å². The summed E-state index contributed by atoms with van der Waals surface area (Å²) >= 11 is 0. The summed E-state index contributed by atoms with van der Waals surface area (Å²) < 4.78 is 13.0. The van der Waals surface area contributed by atoms with Crippen LogP contribution in [0.25, 0.3) is 0 Å². The van der Waals surface area contributed by atoms with Crippen molar-refractivity contribution < 1.29 is 9.18 Å². The summed E-state index contributed by atoms with van der Waals surface area (Å²) in [5.41, 5.74) is 0.576. The fourth-order valence-electron chi connectivity index (χ4n) is 1.62. The molecule has 0 saturated carbocycles. The minimum atomic E-state index is -0.586. The molecule has 2 unspecified atom stereocenters. The van der Waals surface area contributed by atoms with Crippen LogP contribution in [0.4, 0.5) is 4.39 Å². The predicted octanol–water partition coefficient (Wildman–Crippen LogP) is 1.50. The first-order valence-corrected chi connectivity index (χ1v) is 5.68. The van der Waals surface area contributed by atoms with Crippen LogP contribution in [0.2, 0.25) is 0 Å². The van der Waals surface area contributed by atoms with E-state index in [0.29, 0.717) is 12.1 Å². The van der Waals surface area contributed by atoms with Gasteiger partial charge in [0.15, 0.2) is 0 Å². The summed E-state index contributed by atoms with van der Waals surface area (Å²) in [4.78, 5) is 10.8. The van der Waals surface area contributed by atoms with Gasteiger partial charge in [-0.25, -0.2) is 4.39 Å². The molecule has 0 aliphatic heterocycles. The van der Waals surface area contributed by atoms with Gasteiger partial charge in [0, 0.05) is 19.5 Å². The lowest BCUT2D eigenvalue weighted by molar-refractivity contribution is -0.119. The summed E-state index contributed by atoms with van der Waals surface area (Å²) in [6, 6.07) is 7.29. The van der Waals surface area contributed by atoms with Crippen LogP contribution in [0, 0.1) is 17.1 Å². The Kier molecular flexibility index (Phi) is 5.28. The van der Waals surface area contributed by atoms with Crippen molar-refractivity contribution in [2.45, 2.75) is 25.9 Å². The predicted molar refractivity (Wildman–Crippen MR) is 66.0 cm³/mol. The van der Waals surface area contributed by atoms with Gasteiger partial charge in [0.1, 0.15) is 11.9 Å². The number of nitrogens with zero attached hydrogens (tertiary/aromatic N) is 1. The Labute approximate surface area is 106 Å². The Morgan fingerprint density at radius 2 is 2.28 bits per heavy atom. The van der Waals surface area contributed by atoms with Crippen LogP contribution >= 0.6 is 0 Å². The van der Waals surface area contributed by atoms with E-state index in [-0.39, 0.29) is 17.8 Å². The summed E-state index contributed by atoms with van der Waals surface area (Å²) in [6.07, 6.45) is 0. The van der Waals surface area contributed by atoms with E-state index in [1.54, 1.807) is 12.1 Å². The molecule has 0 bridgehead atoms. The molecule has 0 aromatic heterocycles. The van der Waals surface area contributed by atoms with Crippen molar-refractivity contribution >= 4 is 5.91 Å². The van der Waals surface area contributed by atoms with Crippen LogP contribution < -0.4 is 10.6 Å². The van der Waals surface area contributed by atoms with E-state index >= 15 is 0 Å². The zero-order valence-corrected chi connectivity index (χ0v) is 10.4. The Morgan fingerprint density at radius 1 is 1.56 bits per heavy atom. The Morgan fingerprint density at radius 3 is 2.83 bits per heavy atom. The van der Waals surface area contributed by atoms with Gasteiger partial charge in [-0.05, 0) is 24.6 Å². The van der Waals surface area contributed by atoms with E-state index in [4.69, 9.17) is 5.26 Å². The van der Waals surface area contributed by atoms with E-state index in [9.17, 15) is 9.18 Å². The van der Waals surface area contributed by atoms with E-state index < -0.39 is 6.04 Å². The van der Waals surface area contributed by atoms with Crippen molar-refractivity contribution in [1.82, 2.24) is 10.6 Å². The maximum atomic E-state index is 13.0. The lowest BCUT2D eigenvalue weighted by atomic mass is 10.1. The first kappa shape index (κ1) is 14.1. The standard InChI is InChI=1S/C13H16FN3O/c1-9(17-10(2)18)8-16-13(7-15)11-4-3-5-12(14)6-11/h3-6,9,13,16H,8H2,1-2H3,(H,17,18). The molecule has 0 aliphatic carbocycles. The number of carbonyl (C=O) groups excluding carboxylic acids is 1. The Bertz CT molecular complexity index is 456. The minimum Gasteiger partial charge on any atom is -0.353 e. The third-order valence-electron chi connectivity index (χ3n) is 2.39. The Balaban J connectivity index is 2.58. The molecule has 96 valence electrons. The maximum absolute atomic E-state index is 13.0. The molecule has 1 aromatic rings. The van der Waals surface area contributed by atoms with E-state index in [0.717, 1.165) is 0 Å². The van der Waals surface area contributed by atoms with Crippen LogP contribution in [0.1, 0.15) is 25.5 Å². The number of carbonyl (C=O) groups is 1. The van der Waals surface area contributed by atoms with Gasteiger partial charge in [-0.1, -0.05) is 12.1 Å². The van der Waals surface area contributed by atoms with E-state index in [1.165, 1.54) is 19.1 Å². The zero-order chi connectivity index (χ0) is 13.5. The number of rotatable bonds is 5. The molecule has 1 amide bonds. The van der Waals surface area contributed by atoms with Crippen LogP contribution in [-0.4, -0.2) is 18.5 Å². The molecule has 1 rings (SSSR count). The van der Waals surface area contributed by atoms with Crippen molar-refractivity contribution in [3.8, 4) is 6.07 Å². The lowest BCUT2D eigenvalue weighted by Crippen LogP contribution is -2.39. The van der Waals surface area contributed by atoms with Gasteiger partial charge >= 0.3 is 0 Å². The molecule has 2 atom stereocenters. The molecule has 2 N–H and O–H groups in total. The first-order chi connectivity index (χ1) is 8.52. The normalized spacial score (nSPS) is 13.4. The zero-order valence-electron chi connectivity index (χ0n) is 10.4. The first-order valence-electron chi connectivity index (χ1n) is 5.68. The molecule has 0 spiro atoms. The smallest absolute Gasteiger partial charge is 0.217 e. The maximum Gasteiger partial charge on any atom is 0.217 e. The average Bonchev–Trinajstić information content (AvgIpc) is 2.29. The highest BCUT2D eigenvalue weighted by molar-refractivity contribution is 5.73. The number of hydrogen-bond acceptors (Lipinski definition) is 3. The van der Waals surface area contributed by atoms with Gasteiger partial charge in [-0.3, -0.25) is 10.1 Å². The molecule has 0 aliphatic rings. The Hall–Kier alpha value is -1.93. The molecule has 0 radical (unpaired) electrons. The SMILES string of the molecule is CC(=O)NC(C)CNC(C#N)c1cccc(F)c1. The third-order valence-corrected chi connectivity index (χ3v) is 2.39. The second-order valence-corrected chi connectivity index (χ2v) is 4.13. The van der Waals surface area contributed by atoms with Gasteiger partial charge < -0.3 is 5.32 Å². The highest BCUT2D eigenvalue weighted by Crippen LogP contribution is 2.13. The molecule has 0 saturated heterocycles. The summed E-state index contributed by atoms with van der Waals surface area (Å²) in [5, 5.41) is 14.7. The van der Waals surface area contributed by atoms with Crippen LogP contribution in [0.3, 0.4) is 0 Å². The largest absolute Gasteiger partial charge is 0.353 e. The van der Waals surface area contributed by atoms with E-state index in [1.807, 2.05) is 6.92 Å². The molecule has 18 heavy (non-hydrogen) atoms. The van der Waals surface area contributed by atoms with Gasteiger partial charge in [0.25, 0.3) is 0 Å². The molecule has 0 heterocycles. The fourth-order valence-corrected chi connectivity index (χ4v) is 1.62. The fraction of sp³-hybridized carbons (Fsp3) is 0.385. The van der Waals surface area contributed by atoms with Crippen molar-refractivity contribution in [1.29, 1.82) is 5.26 Å². The van der Waals surface area contributed by atoms with Gasteiger partial charge in [-0.15, -0.1) is 0 Å².